The Hall–Kier alpha value is -3.54. The Morgan fingerprint density at radius 1 is 0.857 bits per heavy atom. The smallest absolute Gasteiger partial charge is 0.338 e. The van der Waals surface area contributed by atoms with Gasteiger partial charge < -0.3 is 9.47 Å². The molecule has 0 heterocycles. The highest BCUT2D eigenvalue weighted by molar-refractivity contribution is 5.99. The Bertz CT molecular complexity index is 970. The Morgan fingerprint density at radius 2 is 1.57 bits per heavy atom. The third-order valence-corrected chi connectivity index (χ3v) is 3.90. The summed E-state index contributed by atoms with van der Waals surface area (Å²) < 4.78 is 37.2. The lowest BCUT2D eigenvalue weighted by atomic mass is 10.1. The van der Waals surface area contributed by atoms with Crippen molar-refractivity contribution in [1.82, 2.24) is 0 Å². The van der Waals surface area contributed by atoms with Gasteiger partial charge >= 0.3 is 5.97 Å². The molecule has 0 aliphatic carbocycles. The van der Waals surface area contributed by atoms with Crippen molar-refractivity contribution >= 4 is 11.8 Å². The van der Waals surface area contributed by atoms with E-state index in [1.54, 1.807) is 12.1 Å². The summed E-state index contributed by atoms with van der Waals surface area (Å²) in [6, 6.07) is 18.3. The average Bonchev–Trinajstić information content (AvgIpc) is 2.73. The molecule has 0 radical (unpaired) electrons. The third-order valence-electron chi connectivity index (χ3n) is 3.90. The minimum Gasteiger partial charge on any atom is -0.489 e. The highest BCUT2D eigenvalue weighted by Crippen LogP contribution is 2.16. The van der Waals surface area contributed by atoms with E-state index in [0.29, 0.717) is 12.4 Å². The second-order valence-corrected chi connectivity index (χ2v) is 5.92. The van der Waals surface area contributed by atoms with Crippen LogP contribution in [-0.4, -0.2) is 18.4 Å². The number of hydrogen-bond acceptors (Lipinski definition) is 4. The Morgan fingerprint density at radius 3 is 2.29 bits per heavy atom. The highest BCUT2D eigenvalue weighted by atomic mass is 19.1. The van der Waals surface area contributed by atoms with Gasteiger partial charge in [-0.15, -0.1) is 0 Å². The van der Waals surface area contributed by atoms with Crippen LogP contribution in [0, 0.1) is 11.6 Å². The molecule has 0 bridgehead atoms. The molecule has 0 aromatic heterocycles. The summed E-state index contributed by atoms with van der Waals surface area (Å²) in [4.78, 5) is 24.0. The fraction of sp³-hybridized carbons (Fsp3) is 0.0909. The Kier molecular flexibility index (Phi) is 6.11. The van der Waals surface area contributed by atoms with Crippen LogP contribution in [0.5, 0.6) is 5.75 Å². The summed E-state index contributed by atoms with van der Waals surface area (Å²) in [5, 5.41) is 0. The topological polar surface area (TPSA) is 52.6 Å². The second-order valence-electron chi connectivity index (χ2n) is 5.92. The summed E-state index contributed by atoms with van der Waals surface area (Å²) in [7, 11) is 0. The fourth-order valence-electron chi connectivity index (χ4n) is 2.43. The monoisotopic (exact) mass is 382 g/mol. The maximum absolute atomic E-state index is 13.6. The van der Waals surface area contributed by atoms with Crippen molar-refractivity contribution in [2.45, 2.75) is 6.61 Å². The second kappa shape index (κ2) is 8.90. The summed E-state index contributed by atoms with van der Waals surface area (Å²) in [5.41, 5.74) is 0.756. The molecule has 0 saturated carbocycles. The summed E-state index contributed by atoms with van der Waals surface area (Å²) in [5.74, 6) is -2.63. The van der Waals surface area contributed by atoms with Crippen LogP contribution in [-0.2, 0) is 11.3 Å². The van der Waals surface area contributed by atoms with E-state index in [0.717, 1.165) is 23.8 Å². The summed E-state index contributed by atoms with van der Waals surface area (Å²) in [6.45, 7) is -0.302. The summed E-state index contributed by atoms with van der Waals surface area (Å²) >= 11 is 0. The third kappa shape index (κ3) is 5.01. The molecule has 0 fully saturated rings. The predicted molar refractivity (Wildman–Crippen MR) is 98.2 cm³/mol. The van der Waals surface area contributed by atoms with Crippen LogP contribution in [0.3, 0.4) is 0 Å². The number of carbonyl (C=O) groups is 2. The molecular formula is C22H16F2O4. The van der Waals surface area contributed by atoms with Crippen molar-refractivity contribution in [2.75, 3.05) is 6.61 Å². The first kappa shape index (κ1) is 19.2. The number of hydrogen-bond donors (Lipinski definition) is 0. The number of esters is 1. The SMILES string of the molecule is O=C(OCC(=O)c1cc(F)ccc1F)c1ccc(OCc2ccccc2)cc1. The largest absolute Gasteiger partial charge is 0.489 e. The molecule has 0 unspecified atom stereocenters. The van der Waals surface area contributed by atoms with E-state index in [1.165, 1.54) is 12.1 Å². The van der Waals surface area contributed by atoms with Crippen molar-refractivity contribution in [3.63, 3.8) is 0 Å². The van der Waals surface area contributed by atoms with Gasteiger partial charge in [0.05, 0.1) is 11.1 Å². The van der Waals surface area contributed by atoms with Gasteiger partial charge in [-0.3, -0.25) is 4.79 Å². The van der Waals surface area contributed by atoms with Crippen molar-refractivity contribution < 1.29 is 27.8 Å². The lowest BCUT2D eigenvalue weighted by molar-refractivity contribution is 0.0473. The van der Waals surface area contributed by atoms with Crippen LogP contribution in [0.2, 0.25) is 0 Å². The van der Waals surface area contributed by atoms with E-state index in [2.05, 4.69) is 0 Å². The van der Waals surface area contributed by atoms with Crippen LogP contribution in [0.4, 0.5) is 8.78 Å². The first-order valence-corrected chi connectivity index (χ1v) is 8.45. The Balaban J connectivity index is 1.54. The lowest BCUT2D eigenvalue weighted by Gasteiger charge is -2.08. The zero-order valence-electron chi connectivity index (χ0n) is 14.7. The zero-order valence-corrected chi connectivity index (χ0v) is 14.7. The maximum atomic E-state index is 13.6. The quantitative estimate of drug-likeness (QED) is 0.443. The molecule has 28 heavy (non-hydrogen) atoms. The highest BCUT2D eigenvalue weighted by Gasteiger charge is 2.16. The van der Waals surface area contributed by atoms with Gasteiger partial charge in [-0.2, -0.15) is 0 Å². The number of rotatable bonds is 7. The summed E-state index contributed by atoms with van der Waals surface area (Å²) in [6.07, 6.45) is 0. The number of halogens is 2. The first-order valence-electron chi connectivity index (χ1n) is 8.45. The molecule has 0 amide bonds. The molecular weight excluding hydrogens is 366 g/mol. The van der Waals surface area contributed by atoms with E-state index in [4.69, 9.17) is 9.47 Å². The number of ether oxygens (including phenoxy) is 2. The van der Waals surface area contributed by atoms with E-state index < -0.39 is 35.6 Å². The molecule has 6 heteroatoms. The standard InChI is InChI=1S/C22H16F2O4/c23-17-8-11-20(24)19(12-17)21(25)14-28-22(26)16-6-9-18(10-7-16)27-13-15-4-2-1-3-5-15/h1-12H,13-14H2. The molecule has 142 valence electrons. The van der Waals surface area contributed by atoms with Gasteiger partial charge in [-0.25, -0.2) is 13.6 Å². The van der Waals surface area contributed by atoms with Crippen LogP contribution in [0.25, 0.3) is 0 Å². The van der Waals surface area contributed by atoms with Gasteiger partial charge in [-0.1, -0.05) is 30.3 Å². The molecule has 4 nitrogen and oxygen atoms in total. The van der Waals surface area contributed by atoms with Crippen molar-refractivity contribution in [1.29, 1.82) is 0 Å². The minimum atomic E-state index is -0.873. The van der Waals surface area contributed by atoms with Gasteiger partial charge in [-0.05, 0) is 48.0 Å². The van der Waals surface area contributed by atoms with Gasteiger partial charge in [0.1, 0.15) is 24.0 Å². The predicted octanol–water partition coefficient (Wildman–Crippen LogP) is 4.58. The average molecular weight is 382 g/mol. The molecule has 3 aromatic carbocycles. The molecule has 0 N–H and O–H groups in total. The fourth-order valence-corrected chi connectivity index (χ4v) is 2.43. The molecule has 3 rings (SSSR count). The molecule has 0 spiro atoms. The van der Waals surface area contributed by atoms with Crippen LogP contribution >= 0.6 is 0 Å². The van der Waals surface area contributed by atoms with Crippen molar-refractivity contribution in [3.05, 3.63) is 101 Å². The number of Topliss-reactive ketones (excluding diaryl/α,β-unsaturated/α-hetero) is 1. The molecule has 3 aromatic rings. The lowest BCUT2D eigenvalue weighted by Crippen LogP contribution is -2.15. The van der Waals surface area contributed by atoms with Gasteiger partial charge in [0.15, 0.2) is 6.61 Å². The van der Waals surface area contributed by atoms with Gasteiger partial charge in [0, 0.05) is 0 Å². The minimum absolute atomic E-state index is 0.208. The van der Waals surface area contributed by atoms with Crippen LogP contribution < -0.4 is 4.74 Å². The van der Waals surface area contributed by atoms with Crippen LogP contribution in [0.1, 0.15) is 26.3 Å². The number of ketones is 1. The van der Waals surface area contributed by atoms with Crippen molar-refractivity contribution in [3.8, 4) is 5.75 Å². The van der Waals surface area contributed by atoms with E-state index in [-0.39, 0.29) is 5.56 Å². The maximum Gasteiger partial charge on any atom is 0.338 e. The normalized spacial score (nSPS) is 10.4. The molecule has 0 saturated heterocycles. The number of benzene rings is 3. The number of carbonyl (C=O) groups excluding carboxylic acids is 2. The Labute approximate surface area is 160 Å². The van der Waals surface area contributed by atoms with Gasteiger partial charge in [0.2, 0.25) is 5.78 Å². The molecule has 0 aliphatic rings. The van der Waals surface area contributed by atoms with Crippen LogP contribution in [0.15, 0.2) is 72.8 Å². The molecule has 0 aliphatic heterocycles. The van der Waals surface area contributed by atoms with E-state index >= 15 is 0 Å². The zero-order chi connectivity index (χ0) is 19.9. The first-order chi connectivity index (χ1) is 13.5. The van der Waals surface area contributed by atoms with Crippen molar-refractivity contribution in [2.24, 2.45) is 0 Å². The molecule has 0 atom stereocenters. The van der Waals surface area contributed by atoms with E-state index in [9.17, 15) is 18.4 Å². The van der Waals surface area contributed by atoms with Gasteiger partial charge in [0.25, 0.3) is 0 Å². The van der Waals surface area contributed by atoms with E-state index in [1.807, 2.05) is 30.3 Å².